The quantitative estimate of drug-likeness (QED) is 0.387. The number of hydrogen-bond acceptors (Lipinski definition) is 2. The third kappa shape index (κ3) is 4.75. The third-order valence-electron chi connectivity index (χ3n) is 3.62. The molecular weight excluding hydrogens is 486 g/mol. The minimum atomic E-state index is 0. The van der Waals surface area contributed by atoms with Gasteiger partial charge in [-0.3, -0.25) is 4.98 Å². The van der Waals surface area contributed by atoms with E-state index >= 15 is 0 Å². The number of nitrogens with zero attached hydrogens (tertiary/aromatic N) is 4. The third-order valence-corrected chi connectivity index (χ3v) is 3.62. The molecule has 0 aliphatic carbocycles. The molecule has 0 saturated heterocycles. The number of rotatable bonds is 2. The smallest absolute Gasteiger partial charge is 0.373 e. The van der Waals surface area contributed by atoms with Gasteiger partial charge in [0, 0.05) is 44.4 Å². The van der Waals surface area contributed by atoms with Crippen molar-refractivity contribution in [2.24, 2.45) is 14.1 Å². The van der Waals surface area contributed by atoms with Crippen LogP contribution in [0.25, 0.3) is 22.8 Å². The molecule has 4 nitrogen and oxygen atoms in total. The van der Waals surface area contributed by atoms with Crippen LogP contribution < -0.4 is 0 Å². The summed E-state index contributed by atoms with van der Waals surface area (Å²) in [7, 11) is 3.97. The molecule has 2 heterocycles. The molecule has 0 amide bonds. The van der Waals surface area contributed by atoms with Crippen molar-refractivity contribution in [1.29, 1.82) is 0 Å². The first-order valence-electron chi connectivity index (χ1n) is 7.73. The van der Waals surface area contributed by atoms with Crippen LogP contribution in [0.5, 0.6) is 0 Å². The number of aromatic nitrogens is 4. The summed E-state index contributed by atoms with van der Waals surface area (Å²) in [5.41, 5.74) is 2.19. The Hall–Kier alpha value is -2.50. The van der Waals surface area contributed by atoms with Crippen LogP contribution in [-0.2, 0) is 33.9 Å². The Labute approximate surface area is 161 Å². The maximum absolute atomic E-state index is 4.25. The first kappa shape index (κ1) is 18.8. The second-order valence-corrected chi connectivity index (χ2v) is 5.37. The van der Waals surface area contributed by atoms with Crippen molar-refractivity contribution < 1.29 is 19.8 Å². The van der Waals surface area contributed by atoms with Crippen LogP contribution in [0, 0.1) is 6.07 Å². The fourth-order valence-electron chi connectivity index (χ4n) is 2.39. The Kier molecular flexibility index (Phi) is 6.86. The van der Waals surface area contributed by atoms with Gasteiger partial charge in [-0.15, -0.1) is 35.9 Å². The summed E-state index contributed by atoms with van der Waals surface area (Å²) in [4.78, 5) is 8.47. The van der Waals surface area contributed by atoms with Gasteiger partial charge in [-0.05, 0) is 0 Å². The predicted molar refractivity (Wildman–Crippen MR) is 96.1 cm³/mol. The van der Waals surface area contributed by atoms with Crippen molar-refractivity contribution in [2.75, 3.05) is 0 Å². The summed E-state index contributed by atoms with van der Waals surface area (Å²) in [5.74, 6) is 1.96. The minimum absolute atomic E-state index is 0. The zero-order valence-corrected chi connectivity index (χ0v) is 16.7. The Morgan fingerprint density at radius 3 is 1.88 bits per heavy atom. The van der Waals surface area contributed by atoms with Crippen molar-refractivity contribution in [3.63, 3.8) is 0 Å². The van der Waals surface area contributed by atoms with Gasteiger partial charge in [0.2, 0.25) is 0 Å². The maximum Gasteiger partial charge on any atom is 2.00 e. The van der Waals surface area contributed by atoms with Gasteiger partial charge in [-0.25, -0.2) is 4.98 Å². The van der Waals surface area contributed by atoms with E-state index in [2.05, 4.69) is 28.2 Å². The van der Waals surface area contributed by atoms with Crippen molar-refractivity contribution in [1.82, 2.24) is 19.1 Å². The second kappa shape index (κ2) is 9.10. The largest absolute Gasteiger partial charge is 2.00 e. The number of imidazole rings is 2. The molecule has 0 bridgehead atoms. The minimum Gasteiger partial charge on any atom is -0.373 e. The predicted octanol–water partition coefficient (Wildman–Crippen LogP) is 3.97. The van der Waals surface area contributed by atoms with E-state index in [1.165, 1.54) is 0 Å². The van der Waals surface area contributed by atoms with Gasteiger partial charge in [0.1, 0.15) is 5.82 Å². The van der Waals surface area contributed by atoms with Crippen LogP contribution >= 0.6 is 0 Å². The molecule has 0 aliphatic heterocycles. The molecule has 0 spiro atoms. The Balaban J connectivity index is 0.000000173. The van der Waals surface area contributed by atoms with Gasteiger partial charge in [0.25, 0.3) is 0 Å². The molecule has 25 heavy (non-hydrogen) atoms. The molecular formula is C20H19N4Os+. The van der Waals surface area contributed by atoms with E-state index in [1.807, 2.05) is 84.3 Å². The molecule has 0 saturated carbocycles. The van der Waals surface area contributed by atoms with Crippen LogP contribution in [0.3, 0.4) is 0 Å². The fraction of sp³-hybridized carbons (Fsp3) is 0.100. The van der Waals surface area contributed by atoms with E-state index in [-0.39, 0.29) is 19.8 Å². The zero-order valence-electron chi connectivity index (χ0n) is 14.1. The van der Waals surface area contributed by atoms with Gasteiger partial charge in [-0.2, -0.15) is 0 Å². The summed E-state index contributed by atoms with van der Waals surface area (Å²) in [6.45, 7) is 0. The molecule has 0 aliphatic rings. The first-order valence-corrected chi connectivity index (χ1v) is 7.73. The van der Waals surface area contributed by atoms with Crippen molar-refractivity contribution >= 4 is 0 Å². The first-order chi connectivity index (χ1) is 11.8. The molecule has 0 fully saturated rings. The zero-order chi connectivity index (χ0) is 16.8. The normalized spacial score (nSPS) is 9.68. The molecule has 5 heteroatoms. The molecule has 0 unspecified atom stereocenters. The Morgan fingerprint density at radius 1 is 0.760 bits per heavy atom. The maximum atomic E-state index is 4.25. The van der Waals surface area contributed by atoms with E-state index in [4.69, 9.17) is 0 Å². The topological polar surface area (TPSA) is 35.6 Å². The van der Waals surface area contributed by atoms with Crippen LogP contribution in [0.2, 0.25) is 0 Å². The van der Waals surface area contributed by atoms with Crippen molar-refractivity contribution in [2.45, 2.75) is 0 Å². The number of aryl methyl sites for hydroxylation is 2. The number of benzene rings is 2. The molecule has 126 valence electrons. The summed E-state index contributed by atoms with van der Waals surface area (Å²) < 4.78 is 3.99. The van der Waals surface area contributed by atoms with Crippen molar-refractivity contribution in [3.05, 3.63) is 85.5 Å². The molecule has 4 aromatic rings. The molecule has 4 rings (SSSR count). The summed E-state index contributed by atoms with van der Waals surface area (Å²) in [5, 5.41) is 0. The average Bonchev–Trinajstić information content (AvgIpc) is 3.25. The summed E-state index contributed by atoms with van der Waals surface area (Å²) in [6.07, 6.45) is 7.47. The molecule has 0 radical (unpaired) electrons. The Morgan fingerprint density at radius 2 is 1.36 bits per heavy atom. The monoisotopic (exact) mass is 507 g/mol. The van der Waals surface area contributed by atoms with Crippen LogP contribution in [0.1, 0.15) is 0 Å². The molecule has 2 aromatic carbocycles. The number of hydrogen-bond donors (Lipinski definition) is 0. The fourth-order valence-corrected chi connectivity index (χ4v) is 2.39. The molecule has 2 aromatic heterocycles. The van der Waals surface area contributed by atoms with E-state index < -0.39 is 0 Å². The molecule has 0 atom stereocenters. The molecule has 0 N–H and O–H groups in total. The van der Waals surface area contributed by atoms with E-state index in [1.54, 1.807) is 6.20 Å². The average molecular weight is 506 g/mol. The van der Waals surface area contributed by atoms with Crippen LogP contribution in [-0.4, -0.2) is 19.1 Å². The van der Waals surface area contributed by atoms with Crippen LogP contribution in [0.4, 0.5) is 0 Å². The van der Waals surface area contributed by atoms with Crippen molar-refractivity contribution in [3.8, 4) is 22.8 Å². The van der Waals surface area contributed by atoms with Crippen LogP contribution in [0.15, 0.2) is 79.4 Å². The van der Waals surface area contributed by atoms with E-state index in [0.717, 1.165) is 22.8 Å². The summed E-state index contributed by atoms with van der Waals surface area (Å²) in [6, 6.07) is 21.1. The van der Waals surface area contributed by atoms with Gasteiger partial charge in [-0.1, -0.05) is 30.3 Å². The summed E-state index contributed by atoms with van der Waals surface area (Å²) >= 11 is 0. The van der Waals surface area contributed by atoms with Gasteiger partial charge < -0.3 is 9.13 Å². The van der Waals surface area contributed by atoms with E-state index in [0.29, 0.717) is 0 Å². The van der Waals surface area contributed by atoms with Gasteiger partial charge in [0.05, 0.1) is 5.82 Å². The SMILES string of the molecule is Cn1ccnc1-c1[c-]cccc1.Cn1ccnc1-c1ccccc1.[Os+2]. The standard InChI is InChI=1S/C10H10N2.C10H9N2.Os/c2*1-12-8-7-11-10(12)9-5-3-2-4-6-9;/h2-8H,1H3;2-5,7-8H,1H3;/q;-1;+2. The van der Waals surface area contributed by atoms with Gasteiger partial charge in [0.15, 0.2) is 0 Å². The second-order valence-electron chi connectivity index (χ2n) is 5.37. The Bertz CT molecular complexity index is 806. The van der Waals surface area contributed by atoms with E-state index in [9.17, 15) is 0 Å². The van der Waals surface area contributed by atoms with Gasteiger partial charge >= 0.3 is 19.8 Å².